The molecule has 0 spiro atoms. The average molecular weight is 398 g/mol. The molecular weight excluding hydrogens is 366 g/mol. The maximum atomic E-state index is 12.7. The summed E-state index contributed by atoms with van der Waals surface area (Å²) < 4.78 is 5.35. The predicted molar refractivity (Wildman–Crippen MR) is 118 cm³/mol. The molecule has 0 unspecified atom stereocenters. The lowest BCUT2D eigenvalue weighted by atomic mass is 10.1. The van der Waals surface area contributed by atoms with E-state index in [1.807, 2.05) is 18.3 Å². The van der Waals surface area contributed by atoms with Gasteiger partial charge >= 0.3 is 0 Å². The molecule has 2 aromatic rings. The van der Waals surface area contributed by atoms with E-state index in [0.29, 0.717) is 5.56 Å². The quantitative estimate of drug-likeness (QED) is 0.775. The van der Waals surface area contributed by atoms with Crippen LogP contribution in [0.1, 0.15) is 23.7 Å². The highest BCUT2D eigenvalue weighted by Crippen LogP contribution is 2.31. The Bertz CT molecular complexity index is 832. The van der Waals surface area contributed by atoms with Crippen LogP contribution in [0.15, 0.2) is 36.7 Å². The third-order valence-corrected chi connectivity index (χ3v) is 5.15. The van der Waals surface area contributed by atoms with Gasteiger partial charge in [0.1, 0.15) is 5.75 Å². The minimum absolute atomic E-state index is 0.0343. The lowest BCUT2D eigenvalue weighted by Crippen LogP contribution is -2.47. The van der Waals surface area contributed by atoms with Crippen LogP contribution >= 0.6 is 0 Å². The van der Waals surface area contributed by atoms with E-state index in [-0.39, 0.29) is 5.91 Å². The van der Waals surface area contributed by atoms with Gasteiger partial charge in [0.25, 0.3) is 5.91 Å². The minimum Gasteiger partial charge on any atom is -0.497 e. The Labute approximate surface area is 173 Å². The number of hydrogen-bond acceptors (Lipinski definition) is 6. The van der Waals surface area contributed by atoms with Gasteiger partial charge in [0.05, 0.1) is 30.2 Å². The molecular formula is C22H31N5O2. The van der Waals surface area contributed by atoms with Gasteiger partial charge in [0.2, 0.25) is 0 Å². The smallest absolute Gasteiger partial charge is 0.257 e. The number of aromatic nitrogens is 1. The van der Waals surface area contributed by atoms with Gasteiger partial charge in [-0.1, -0.05) is 13.0 Å². The fourth-order valence-electron chi connectivity index (χ4n) is 3.54. The molecule has 1 aliphatic rings. The highest BCUT2D eigenvalue weighted by Gasteiger charge is 2.24. The zero-order valence-electron chi connectivity index (χ0n) is 17.8. The number of nitrogens with zero attached hydrogens (tertiary/aromatic N) is 4. The highest BCUT2D eigenvalue weighted by molar-refractivity contribution is 6.02. The Morgan fingerprint density at radius 3 is 2.55 bits per heavy atom. The van der Waals surface area contributed by atoms with E-state index < -0.39 is 0 Å². The van der Waals surface area contributed by atoms with Crippen LogP contribution in [0.5, 0.6) is 5.75 Å². The van der Waals surface area contributed by atoms with Gasteiger partial charge in [0, 0.05) is 64.8 Å². The van der Waals surface area contributed by atoms with Gasteiger partial charge in [-0.25, -0.2) is 0 Å². The zero-order valence-corrected chi connectivity index (χ0v) is 17.8. The van der Waals surface area contributed by atoms with Crippen molar-refractivity contribution in [3.05, 3.63) is 42.2 Å². The maximum Gasteiger partial charge on any atom is 0.257 e. The SMILES string of the molecule is CCCNc1c(C(=O)N(C)C)cncc1N1CCN(c2cccc(OC)c2)CC1. The van der Waals surface area contributed by atoms with Crippen molar-refractivity contribution in [3.63, 3.8) is 0 Å². The molecule has 1 saturated heterocycles. The molecule has 0 bridgehead atoms. The molecule has 1 N–H and O–H groups in total. The molecule has 1 aliphatic heterocycles. The Balaban J connectivity index is 1.80. The molecule has 1 amide bonds. The maximum absolute atomic E-state index is 12.7. The first-order valence-corrected chi connectivity index (χ1v) is 10.1. The summed E-state index contributed by atoms with van der Waals surface area (Å²) in [7, 11) is 5.23. The summed E-state index contributed by atoms with van der Waals surface area (Å²) in [5.41, 5.74) is 3.67. The Hall–Kier alpha value is -2.96. The van der Waals surface area contributed by atoms with Crippen molar-refractivity contribution in [2.75, 3.05) is 69.0 Å². The summed E-state index contributed by atoms with van der Waals surface area (Å²) in [4.78, 5) is 23.3. The fraction of sp³-hybridized carbons (Fsp3) is 0.455. The van der Waals surface area contributed by atoms with Crippen molar-refractivity contribution in [2.45, 2.75) is 13.3 Å². The Kier molecular flexibility index (Phi) is 6.80. The number of piperazine rings is 1. The number of benzene rings is 1. The standard InChI is InChI=1S/C22H31N5O2/c1-5-9-24-21-19(22(28)25(2)3)15-23-16-20(21)27-12-10-26(11-13-27)17-7-6-8-18(14-17)29-4/h6-8,14-16H,5,9-13H2,1-4H3,(H,23,24). The number of pyridine rings is 1. The average Bonchev–Trinajstić information content (AvgIpc) is 2.77. The molecule has 2 heterocycles. The van der Waals surface area contributed by atoms with Crippen molar-refractivity contribution in [2.24, 2.45) is 0 Å². The van der Waals surface area contributed by atoms with Gasteiger partial charge in [0.15, 0.2) is 0 Å². The van der Waals surface area contributed by atoms with Gasteiger partial charge in [-0.3, -0.25) is 9.78 Å². The molecule has 156 valence electrons. The molecule has 29 heavy (non-hydrogen) atoms. The predicted octanol–water partition coefficient (Wildman–Crippen LogP) is 2.94. The summed E-state index contributed by atoms with van der Waals surface area (Å²) in [5, 5.41) is 3.46. The van der Waals surface area contributed by atoms with Gasteiger partial charge in [-0.05, 0) is 18.6 Å². The molecule has 0 aliphatic carbocycles. The Morgan fingerprint density at radius 2 is 1.90 bits per heavy atom. The normalized spacial score (nSPS) is 13.9. The number of rotatable bonds is 7. The number of anilines is 3. The van der Waals surface area contributed by atoms with Crippen LogP contribution in [-0.2, 0) is 0 Å². The monoisotopic (exact) mass is 397 g/mol. The summed E-state index contributed by atoms with van der Waals surface area (Å²) in [6.45, 7) is 6.44. The third kappa shape index (κ3) is 4.72. The molecule has 1 aromatic heterocycles. The van der Waals surface area contributed by atoms with Crippen LogP contribution in [-0.4, -0.2) is 69.7 Å². The van der Waals surface area contributed by atoms with Crippen LogP contribution in [0.25, 0.3) is 0 Å². The second-order valence-electron chi connectivity index (χ2n) is 7.38. The van der Waals surface area contributed by atoms with Crippen molar-refractivity contribution in [1.29, 1.82) is 0 Å². The van der Waals surface area contributed by atoms with Crippen molar-refractivity contribution in [3.8, 4) is 5.75 Å². The lowest BCUT2D eigenvalue weighted by Gasteiger charge is -2.38. The highest BCUT2D eigenvalue weighted by atomic mass is 16.5. The first kappa shape index (κ1) is 20.8. The van der Waals surface area contributed by atoms with E-state index in [1.54, 1.807) is 32.3 Å². The van der Waals surface area contributed by atoms with Crippen molar-refractivity contribution >= 4 is 23.0 Å². The van der Waals surface area contributed by atoms with E-state index in [4.69, 9.17) is 4.74 Å². The minimum atomic E-state index is -0.0343. The summed E-state index contributed by atoms with van der Waals surface area (Å²) >= 11 is 0. The Morgan fingerprint density at radius 1 is 1.17 bits per heavy atom. The van der Waals surface area contributed by atoms with Gasteiger partial charge in [-0.2, -0.15) is 0 Å². The van der Waals surface area contributed by atoms with Crippen molar-refractivity contribution < 1.29 is 9.53 Å². The number of methoxy groups -OCH3 is 1. The number of amides is 1. The topological polar surface area (TPSA) is 60.9 Å². The molecule has 7 nitrogen and oxygen atoms in total. The largest absolute Gasteiger partial charge is 0.497 e. The molecule has 0 radical (unpaired) electrons. The molecule has 1 fully saturated rings. The van der Waals surface area contributed by atoms with Crippen LogP contribution < -0.4 is 19.9 Å². The number of ether oxygens (including phenoxy) is 1. The summed E-state index contributed by atoms with van der Waals surface area (Å²) in [5.74, 6) is 0.836. The van der Waals surface area contributed by atoms with Gasteiger partial charge < -0.3 is 24.8 Å². The van der Waals surface area contributed by atoms with Crippen LogP contribution in [0.3, 0.4) is 0 Å². The van der Waals surface area contributed by atoms with E-state index >= 15 is 0 Å². The molecule has 0 saturated carbocycles. The summed E-state index contributed by atoms with van der Waals surface area (Å²) in [6, 6.07) is 8.17. The van der Waals surface area contributed by atoms with E-state index in [0.717, 1.165) is 56.3 Å². The van der Waals surface area contributed by atoms with Gasteiger partial charge in [-0.15, -0.1) is 0 Å². The lowest BCUT2D eigenvalue weighted by molar-refractivity contribution is 0.0828. The van der Waals surface area contributed by atoms with Crippen LogP contribution in [0, 0.1) is 0 Å². The molecule has 1 aromatic carbocycles. The van der Waals surface area contributed by atoms with E-state index in [9.17, 15) is 4.79 Å². The second kappa shape index (κ2) is 9.49. The number of nitrogens with one attached hydrogen (secondary N) is 1. The van der Waals surface area contributed by atoms with Crippen LogP contribution in [0.2, 0.25) is 0 Å². The zero-order chi connectivity index (χ0) is 20.8. The third-order valence-electron chi connectivity index (χ3n) is 5.15. The number of hydrogen-bond donors (Lipinski definition) is 1. The number of carbonyl (C=O) groups excluding carboxylic acids is 1. The van der Waals surface area contributed by atoms with Crippen LogP contribution in [0.4, 0.5) is 17.1 Å². The first-order chi connectivity index (χ1) is 14.0. The summed E-state index contributed by atoms with van der Waals surface area (Å²) in [6.07, 6.45) is 4.52. The molecule has 3 rings (SSSR count). The van der Waals surface area contributed by atoms with E-state index in [1.165, 1.54) is 5.69 Å². The van der Waals surface area contributed by atoms with E-state index in [2.05, 4.69) is 39.2 Å². The second-order valence-corrected chi connectivity index (χ2v) is 7.38. The molecule has 7 heteroatoms. The molecule has 0 atom stereocenters. The fourth-order valence-corrected chi connectivity index (χ4v) is 3.54. The van der Waals surface area contributed by atoms with Crippen molar-refractivity contribution in [1.82, 2.24) is 9.88 Å². The first-order valence-electron chi connectivity index (χ1n) is 10.1. The number of carbonyl (C=O) groups is 1.